The molecule has 0 bridgehead atoms. The number of halogens is 1. The summed E-state index contributed by atoms with van der Waals surface area (Å²) in [5, 5.41) is 8.48. The Morgan fingerprint density at radius 2 is 1.93 bits per heavy atom. The van der Waals surface area contributed by atoms with Crippen LogP contribution < -0.4 is 0 Å². The molecule has 1 atom stereocenters. The van der Waals surface area contributed by atoms with E-state index in [0.717, 1.165) is 33.2 Å². The topological polar surface area (TPSA) is 64.8 Å². The van der Waals surface area contributed by atoms with Crippen molar-refractivity contribution in [1.82, 2.24) is 20.1 Å². The fourth-order valence-electron chi connectivity index (χ4n) is 4.15. The third-order valence-electron chi connectivity index (χ3n) is 5.53. The molecule has 6 heteroatoms. The minimum absolute atomic E-state index is 0.00731. The van der Waals surface area contributed by atoms with Crippen molar-refractivity contribution in [1.29, 1.82) is 0 Å². The van der Waals surface area contributed by atoms with E-state index in [0.29, 0.717) is 12.2 Å². The first kappa shape index (κ1) is 17.3. The van der Waals surface area contributed by atoms with Gasteiger partial charge in [0.2, 0.25) is 0 Å². The van der Waals surface area contributed by atoms with Gasteiger partial charge in [-0.3, -0.25) is 9.89 Å². The largest absolute Gasteiger partial charge is 0.361 e. The number of hydrogen-bond donors (Lipinski definition) is 2. The molecule has 2 aromatic carbocycles. The summed E-state index contributed by atoms with van der Waals surface area (Å²) in [4.78, 5) is 18.4. The van der Waals surface area contributed by atoms with Gasteiger partial charge in [-0.25, -0.2) is 0 Å². The molecule has 5 nitrogen and oxygen atoms in total. The summed E-state index contributed by atoms with van der Waals surface area (Å²) in [7, 11) is 0. The Kier molecular flexibility index (Phi) is 4.09. The molecule has 1 amide bonds. The molecule has 2 N–H and O–H groups in total. The Balaban J connectivity index is 1.50. The van der Waals surface area contributed by atoms with E-state index in [2.05, 4.69) is 55.4 Å². The number of para-hydroxylation sites is 1. The zero-order valence-corrected chi connectivity index (χ0v) is 17.0. The SMILES string of the molecule is Cc1[nH]nc2c1[C@H](c1ccc(Br)cc1)N(CCc1c[nH]c3ccccc13)C2=O. The summed E-state index contributed by atoms with van der Waals surface area (Å²) < 4.78 is 1.02. The number of hydrogen-bond acceptors (Lipinski definition) is 2. The Morgan fingerprint density at radius 3 is 2.75 bits per heavy atom. The number of nitrogens with zero attached hydrogens (tertiary/aromatic N) is 2. The zero-order chi connectivity index (χ0) is 19.3. The molecular formula is C22H19BrN4O. The van der Waals surface area contributed by atoms with Gasteiger partial charge in [-0.05, 0) is 42.7 Å². The number of amides is 1. The number of carbonyl (C=O) groups is 1. The van der Waals surface area contributed by atoms with Crippen LogP contribution >= 0.6 is 15.9 Å². The number of aromatic amines is 2. The van der Waals surface area contributed by atoms with Crippen LogP contribution in [-0.4, -0.2) is 32.5 Å². The van der Waals surface area contributed by atoms with E-state index < -0.39 is 0 Å². The number of aryl methyl sites for hydroxylation is 1. The van der Waals surface area contributed by atoms with Crippen molar-refractivity contribution in [2.24, 2.45) is 0 Å². The molecule has 5 rings (SSSR count). The van der Waals surface area contributed by atoms with E-state index >= 15 is 0 Å². The lowest BCUT2D eigenvalue weighted by molar-refractivity contribution is 0.0745. The average Bonchev–Trinajstić information content (AvgIpc) is 3.36. The second-order valence-electron chi connectivity index (χ2n) is 7.17. The fourth-order valence-corrected chi connectivity index (χ4v) is 4.41. The van der Waals surface area contributed by atoms with Gasteiger partial charge in [0.05, 0.1) is 6.04 Å². The molecule has 0 radical (unpaired) electrons. The average molecular weight is 435 g/mol. The van der Waals surface area contributed by atoms with Crippen molar-refractivity contribution in [2.45, 2.75) is 19.4 Å². The molecular weight excluding hydrogens is 416 g/mol. The standard InChI is InChI=1S/C22H19BrN4O/c1-13-19-20(26-25-13)22(28)27(21(19)14-6-8-16(23)9-7-14)11-10-15-12-24-18-5-3-2-4-17(15)18/h2-9,12,21,24H,10-11H2,1H3,(H,25,26)/t21-/m0/s1. The van der Waals surface area contributed by atoms with E-state index in [-0.39, 0.29) is 11.9 Å². The minimum Gasteiger partial charge on any atom is -0.361 e. The van der Waals surface area contributed by atoms with Crippen LogP contribution in [0.1, 0.15) is 38.9 Å². The number of carbonyl (C=O) groups excluding carboxylic acids is 1. The molecule has 0 saturated carbocycles. The molecule has 3 heterocycles. The predicted octanol–water partition coefficient (Wildman–Crippen LogP) is 4.75. The first-order valence-electron chi connectivity index (χ1n) is 9.30. The first-order valence-corrected chi connectivity index (χ1v) is 10.1. The van der Waals surface area contributed by atoms with Gasteiger partial charge in [-0.2, -0.15) is 5.10 Å². The van der Waals surface area contributed by atoms with Crippen molar-refractivity contribution in [3.8, 4) is 0 Å². The van der Waals surface area contributed by atoms with Crippen molar-refractivity contribution < 1.29 is 4.79 Å². The second kappa shape index (κ2) is 6.63. The van der Waals surface area contributed by atoms with Gasteiger partial charge in [0.15, 0.2) is 5.69 Å². The smallest absolute Gasteiger partial charge is 0.275 e. The van der Waals surface area contributed by atoms with Crippen LogP contribution in [-0.2, 0) is 6.42 Å². The highest BCUT2D eigenvalue weighted by Crippen LogP contribution is 2.39. The van der Waals surface area contributed by atoms with E-state index in [1.54, 1.807) is 0 Å². The van der Waals surface area contributed by atoms with Crippen LogP contribution in [0.15, 0.2) is 59.2 Å². The molecule has 0 saturated heterocycles. The summed E-state index contributed by atoms with van der Waals surface area (Å²) in [6.45, 7) is 2.62. The van der Waals surface area contributed by atoms with Crippen LogP contribution in [0.2, 0.25) is 0 Å². The highest BCUT2D eigenvalue weighted by molar-refractivity contribution is 9.10. The van der Waals surface area contributed by atoms with Gasteiger partial charge in [-0.1, -0.05) is 46.3 Å². The molecule has 28 heavy (non-hydrogen) atoms. The van der Waals surface area contributed by atoms with Gasteiger partial charge < -0.3 is 9.88 Å². The number of benzene rings is 2. The van der Waals surface area contributed by atoms with E-state index in [4.69, 9.17) is 0 Å². The minimum atomic E-state index is -0.112. The molecule has 2 aromatic heterocycles. The summed E-state index contributed by atoms with van der Waals surface area (Å²) >= 11 is 3.50. The molecule has 140 valence electrons. The first-order chi connectivity index (χ1) is 13.6. The van der Waals surface area contributed by atoms with Crippen molar-refractivity contribution in [3.63, 3.8) is 0 Å². The zero-order valence-electron chi connectivity index (χ0n) is 15.4. The quantitative estimate of drug-likeness (QED) is 0.486. The van der Waals surface area contributed by atoms with Crippen molar-refractivity contribution >= 4 is 32.7 Å². The molecule has 4 aromatic rings. The summed E-state index contributed by atoms with van der Waals surface area (Å²) in [5.74, 6) is -0.00731. The van der Waals surface area contributed by atoms with Gasteiger partial charge in [0, 0.05) is 39.4 Å². The Labute approximate surface area is 170 Å². The summed E-state index contributed by atoms with van der Waals surface area (Å²) in [6, 6.07) is 16.3. The van der Waals surface area contributed by atoms with E-state index in [9.17, 15) is 4.79 Å². The number of fused-ring (bicyclic) bond motifs is 2. The Hall–Kier alpha value is -2.86. The molecule has 1 aliphatic rings. The van der Waals surface area contributed by atoms with Gasteiger partial charge in [0.1, 0.15) is 0 Å². The van der Waals surface area contributed by atoms with E-state index in [1.807, 2.05) is 42.3 Å². The number of H-pyrrole nitrogens is 2. The number of nitrogens with one attached hydrogen (secondary N) is 2. The fraction of sp³-hybridized carbons (Fsp3) is 0.182. The molecule has 0 fully saturated rings. The molecule has 0 aliphatic carbocycles. The van der Waals surface area contributed by atoms with Gasteiger partial charge in [0.25, 0.3) is 5.91 Å². The van der Waals surface area contributed by atoms with Crippen molar-refractivity contribution in [2.75, 3.05) is 6.54 Å². The van der Waals surface area contributed by atoms with Crippen LogP contribution in [0.25, 0.3) is 10.9 Å². The third-order valence-corrected chi connectivity index (χ3v) is 6.05. The second-order valence-corrected chi connectivity index (χ2v) is 8.09. The predicted molar refractivity (Wildman–Crippen MR) is 112 cm³/mol. The van der Waals surface area contributed by atoms with Crippen molar-refractivity contribution in [3.05, 3.63) is 87.3 Å². The number of aromatic nitrogens is 3. The van der Waals surface area contributed by atoms with Crippen LogP contribution in [0, 0.1) is 6.92 Å². The summed E-state index contributed by atoms with van der Waals surface area (Å²) in [6.07, 6.45) is 2.83. The molecule has 0 spiro atoms. The maximum atomic E-state index is 13.1. The maximum Gasteiger partial charge on any atom is 0.275 e. The van der Waals surface area contributed by atoms with E-state index in [1.165, 1.54) is 10.9 Å². The highest BCUT2D eigenvalue weighted by Gasteiger charge is 2.41. The van der Waals surface area contributed by atoms with Crippen LogP contribution in [0.5, 0.6) is 0 Å². The normalized spacial score (nSPS) is 16.1. The molecule has 0 unspecified atom stereocenters. The molecule has 1 aliphatic heterocycles. The van der Waals surface area contributed by atoms with Crippen LogP contribution in [0.3, 0.4) is 0 Å². The maximum absolute atomic E-state index is 13.1. The summed E-state index contributed by atoms with van der Waals surface area (Å²) in [5.41, 5.74) is 5.93. The Bertz CT molecular complexity index is 1170. The lowest BCUT2D eigenvalue weighted by Crippen LogP contribution is -2.31. The Morgan fingerprint density at radius 1 is 1.14 bits per heavy atom. The lowest BCUT2D eigenvalue weighted by Gasteiger charge is -2.26. The van der Waals surface area contributed by atoms with Gasteiger partial charge >= 0.3 is 0 Å². The van der Waals surface area contributed by atoms with Gasteiger partial charge in [-0.15, -0.1) is 0 Å². The third kappa shape index (κ3) is 2.67. The number of rotatable bonds is 4. The van der Waals surface area contributed by atoms with Crippen LogP contribution in [0.4, 0.5) is 0 Å². The highest BCUT2D eigenvalue weighted by atomic mass is 79.9. The lowest BCUT2D eigenvalue weighted by atomic mass is 9.99. The monoisotopic (exact) mass is 434 g/mol.